The predicted octanol–water partition coefficient (Wildman–Crippen LogP) is 3.75. The molecule has 0 fully saturated rings. The summed E-state index contributed by atoms with van der Waals surface area (Å²) in [7, 11) is 1.66. The van der Waals surface area contributed by atoms with Gasteiger partial charge in [-0.15, -0.1) is 0 Å². The Hall–Kier alpha value is -3.09. The molecular formula is C18H21N3O4. The van der Waals surface area contributed by atoms with E-state index in [9.17, 15) is 14.9 Å². The normalized spacial score (nSPS) is 10.2. The Morgan fingerprint density at radius 2 is 1.88 bits per heavy atom. The zero-order chi connectivity index (χ0) is 18.4. The zero-order valence-corrected chi connectivity index (χ0v) is 14.5. The SMILES string of the molecule is Cc1ccc(OCCN(C)C(=O)Nc2ccc([N+](=O)[O-])c(C)c2)cc1. The summed E-state index contributed by atoms with van der Waals surface area (Å²) in [6.45, 7) is 4.41. The van der Waals surface area contributed by atoms with Crippen molar-refractivity contribution in [1.29, 1.82) is 0 Å². The second-order valence-corrected chi connectivity index (χ2v) is 5.77. The van der Waals surface area contributed by atoms with Crippen LogP contribution in [0.5, 0.6) is 5.75 Å². The van der Waals surface area contributed by atoms with Gasteiger partial charge in [0.15, 0.2) is 0 Å². The van der Waals surface area contributed by atoms with Crippen molar-refractivity contribution in [3.63, 3.8) is 0 Å². The number of hydrogen-bond donors (Lipinski definition) is 1. The van der Waals surface area contributed by atoms with Crippen LogP contribution in [-0.4, -0.2) is 36.1 Å². The van der Waals surface area contributed by atoms with Gasteiger partial charge < -0.3 is 15.0 Å². The third kappa shape index (κ3) is 5.20. The van der Waals surface area contributed by atoms with E-state index in [1.54, 1.807) is 20.0 Å². The summed E-state index contributed by atoms with van der Waals surface area (Å²) < 4.78 is 5.60. The lowest BCUT2D eigenvalue weighted by atomic mass is 10.2. The number of amides is 2. The van der Waals surface area contributed by atoms with E-state index in [2.05, 4.69) is 5.32 Å². The van der Waals surface area contributed by atoms with Crippen LogP contribution in [0.4, 0.5) is 16.2 Å². The molecule has 7 nitrogen and oxygen atoms in total. The molecule has 0 unspecified atom stereocenters. The first-order valence-electron chi connectivity index (χ1n) is 7.83. The lowest BCUT2D eigenvalue weighted by Gasteiger charge is -2.18. The predicted molar refractivity (Wildman–Crippen MR) is 96.2 cm³/mol. The molecule has 0 bridgehead atoms. The number of nitro benzene ring substituents is 1. The first-order chi connectivity index (χ1) is 11.9. The summed E-state index contributed by atoms with van der Waals surface area (Å²) >= 11 is 0. The number of nitrogens with zero attached hydrogens (tertiary/aromatic N) is 2. The molecule has 0 radical (unpaired) electrons. The second kappa shape index (κ2) is 8.14. The number of nitrogens with one attached hydrogen (secondary N) is 1. The van der Waals surface area contributed by atoms with Crippen LogP contribution in [0, 0.1) is 24.0 Å². The Morgan fingerprint density at radius 3 is 2.48 bits per heavy atom. The van der Waals surface area contributed by atoms with Crippen LogP contribution in [0.2, 0.25) is 0 Å². The molecule has 2 aromatic carbocycles. The van der Waals surface area contributed by atoms with Gasteiger partial charge in [-0.25, -0.2) is 4.79 Å². The van der Waals surface area contributed by atoms with E-state index in [0.29, 0.717) is 24.4 Å². The highest BCUT2D eigenvalue weighted by Crippen LogP contribution is 2.21. The van der Waals surface area contributed by atoms with Gasteiger partial charge in [0.05, 0.1) is 11.5 Å². The van der Waals surface area contributed by atoms with Crippen LogP contribution in [0.1, 0.15) is 11.1 Å². The number of rotatable bonds is 6. The third-order valence-corrected chi connectivity index (χ3v) is 3.71. The monoisotopic (exact) mass is 343 g/mol. The minimum Gasteiger partial charge on any atom is -0.492 e. The Kier molecular flexibility index (Phi) is 5.94. The molecule has 0 aliphatic carbocycles. The smallest absolute Gasteiger partial charge is 0.321 e. The van der Waals surface area contributed by atoms with Gasteiger partial charge in [0, 0.05) is 24.4 Å². The van der Waals surface area contributed by atoms with Gasteiger partial charge >= 0.3 is 6.03 Å². The fourth-order valence-electron chi connectivity index (χ4n) is 2.19. The molecule has 2 rings (SSSR count). The van der Waals surface area contributed by atoms with Crippen LogP contribution >= 0.6 is 0 Å². The minimum atomic E-state index is -0.449. The van der Waals surface area contributed by atoms with Gasteiger partial charge in [0.25, 0.3) is 5.69 Å². The topological polar surface area (TPSA) is 84.7 Å². The molecule has 0 saturated heterocycles. The van der Waals surface area contributed by atoms with Gasteiger partial charge in [0.1, 0.15) is 12.4 Å². The first-order valence-corrected chi connectivity index (χ1v) is 7.83. The Labute approximate surface area is 146 Å². The van der Waals surface area contributed by atoms with Crippen LogP contribution in [0.25, 0.3) is 0 Å². The van der Waals surface area contributed by atoms with Gasteiger partial charge in [0.2, 0.25) is 0 Å². The van der Waals surface area contributed by atoms with Crippen LogP contribution in [-0.2, 0) is 0 Å². The molecule has 2 aromatic rings. The molecule has 0 aromatic heterocycles. The summed E-state index contributed by atoms with van der Waals surface area (Å²) in [6, 6.07) is 11.9. The molecule has 0 spiro atoms. The number of anilines is 1. The molecule has 0 saturated carbocycles. The quantitative estimate of drug-likeness (QED) is 0.639. The molecule has 25 heavy (non-hydrogen) atoms. The number of likely N-dealkylation sites (N-methyl/N-ethyl adjacent to an activating group) is 1. The van der Waals surface area contributed by atoms with E-state index in [4.69, 9.17) is 4.74 Å². The van der Waals surface area contributed by atoms with Crippen molar-refractivity contribution >= 4 is 17.4 Å². The number of carbonyl (C=O) groups is 1. The van der Waals surface area contributed by atoms with E-state index in [1.807, 2.05) is 31.2 Å². The van der Waals surface area contributed by atoms with Crippen molar-refractivity contribution in [1.82, 2.24) is 4.90 Å². The Morgan fingerprint density at radius 1 is 1.20 bits per heavy atom. The van der Waals surface area contributed by atoms with E-state index >= 15 is 0 Å². The van der Waals surface area contributed by atoms with E-state index in [-0.39, 0.29) is 11.7 Å². The van der Waals surface area contributed by atoms with Crippen molar-refractivity contribution in [3.05, 3.63) is 63.7 Å². The number of aryl methyl sites for hydroxylation is 2. The van der Waals surface area contributed by atoms with Crippen molar-refractivity contribution < 1.29 is 14.5 Å². The highest BCUT2D eigenvalue weighted by atomic mass is 16.6. The molecule has 1 N–H and O–H groups in total. The largest absolute Gasteiger partial charge is 0.492 e. The van der Waals surface area contributed by atoms with E-state index < -0.39 is 4.92 Å². The van der Waals surface area contributed by atoms with Crippen molar-refractivity contribution in [2.24, 2.45) is 0 Å². The van der Waals surface area contributed by atoms with Crippen LogP contribution in [0.15, 0.2) is 42.5 Å². The molecule has 0 aliphatic heterocycles. The minimum absolute atomic E-state index is 0.0258. The molecule has 0 atom stereocenters. The summed E-state index contributed by atoms with van der Waals surface area (Å²) in [5, 5.41) is 13.5. The number of urea groups is 1. The van der Waals surface area contributed by atoms with Crippen molar-refractivity contribution in [3.8, 4) is 5.75 Å². The molecule has 0 aliphatic rings. The van der Waals surface area contributed by atoms with E-state index in [1.165, 1.54) is 17.0 Å². The van der Waals surface area contributed by atoms with Crippen LogP contribution < -0.4 is 10.1 Å². The van der Waals surface area contributed by atoms with E-state index in [0.717, 1.165) is 11.3 Å². The fourth-order valence-corrected chi connectivity index (χ4v) is 2.19. The highest BCUT2D eigenvalue weighted by molar-refractivity contribution is 5.89. The van der Waals surface area contributed by atoms with Gasteiger partial charge in [-0.1, -0.05) is 17.7 Å². The number of carbonyl (C=O) groups excluding carboxylic acids is 1. The molecule has 132 valence electrons. The first kappa shape index (κ1) is 18.3. The Bertz CT molecular complexity index is 759. The maximum Gasteiger partial charge on any atom is 0.321 e. The standard InChI is InChI=1S/C18H21N3O4/c1-13-4-7-16(8-5-13)25-11-10-20(3)18(22)19-15-6-9-17(21(23)24)14(2)12-15/h4-9,12H,10-11H2,1-3H3,(H,19,22). The maximum absolute atomic E-state index is 12.2. The zero-order valence-electron chi connectivity index (χ0n) is 14.5. The van der Waals surface area contributed by atoms with Crippen molar-refractivity contribution in [2.75, 3.05) is 25.5 Å². The lowest BCUT2D eigenvalue weighted by molar-refractivity contribution is -0.385. The summed E-state index contributed by atoms with van der Waals surface area (Å²) in [5.41, 5.74) is 2.19. The van der Waals surface area contributed by atoms with Gasteiger partial charge in [-0.3, -0.25) is 10.1 Å². The van der Waals surface area contributed by atoms with Gasteiger partial charge in [-0.05, 0) is 38.1 Å². The van der Waals surface area contributed by atoms with Crippen LogP contribution in [0.3, 0.4) is 0 Å². The highest BCUT2D eigenvalue weighted by Gasteiger charge is 2.13. The molecular weight excluding hydrogens is 322 g/mol. The molecule has 2 amide bonds. The summed E-state index contributed by atoms with van der Waals surface area (Å²) in [6.07, 6.45) is 0. The number of nitro groups is 1. The average molecular weight is 343 g/mol. The maximum atomic E-state index is 12.2. The molecule has 7 heteroatoms. The second-order valence-electron chi connectivity index (χ2n) is 5.77. The van der Waals surface area contributed by atoms with Gasteiger partial charge in [-0.2, -0.15) is 0 Å². The third-order valence-electron chi connectivity index (χ3n) is 3.71. The molecule has 0 heterocycles. The number of benzene rings is 2. The Balaban J connectivity index is 1.84. The average Bonchev–Trinajstić information content (AvgIpc) is 2.56. The number of hydrogen-bond acceptors (Lipinski definition) is 4. The lowest BCUT2D eigenvalue weighted by Crippen LogP contribution is -2.34. The number of ether oxygens (including phenoxy) is 1. The van der Waals surface area contributed by atoms with Crippen molar-refractivity contribution in [2.45, 2.75) is 13.8 Å². The fraction of sp³-hybridized carbons (Fsp3) is 0.278. The summed E-state index contributed by atoms with van der Waals surface area (Å²) in [4.78, 5) is 24.0. The summed E-state index contributed by atoms with van der Waals surface area (Å²) in [5.74, 6) is 0.755.